The first-order chi connectivity index (χ1) is 31.5. The number of hydrogen-bond donors (Lipinski definition) is 1. The molecule has 5 aromatic carbocycles. The van der Waals surface area contributed by atoms with Gasteiger partial charge in [0.05, 0.1) is 45.7 Å². The highest BCUT2D eigenvalue weighted by molar-refractivity contribution is 5.84. The predicted octanol–water partition coefficient (Wildman–Crippen LogP) is 9.96. The normalized spacial score (nSPS) is 16.5. The van der Waals surface area contributed by atoms with E-state index in [0.717, 1.165) is 27.8 Å². The second kappa shape index (κ2) is 25.5. The first-order valence-electron chi connectivity index (χ1n) is 22.9. The number of hydrogen-bond acceptors (Lipinski definition) is 9. The van der Waals surface area contributed by atoms with Crippen molar-refractivity contribution in [1.82, 2.24) is 5.32 Å². The third-order valence-corrected chi connectivity index (χ3v) is 11.0. The van der Waals surface area contributed by atoms with Crippen molar-refractivity contribution < 1.29 is 42.7 Å². The van der Waals surface area contributed by atoms with Gasteiger partial charge in [-0.3, -0.25) is 4.79 Å². The third-order valence-electron chi connectivity index (χ3n) is 11.0. The molecule has 1 amide bonds. The molecule has 1 aliphatic rings. The number of rotatable bonds is 27. The predicted molar refractivity (Wildman–Crippen MR) is 251 cm³/mol. The SMILES string of the molecule is CC(C)[C@H](NC(=O)CCC[C@H](OCc1ccccc1)[C@H](OCc1ccccc1)[C@H](OCc1ccccc1)[C@@H](OCc1ccccc1)[C@@H](OCc1ccccc1)[C@H]1CO1)C(=O)OC(C)(C)C. The van der Waals surface area contributed by atoms with E-state index in [1.807, 2.05) is 186 Å². The summed E-state index contributed by atoms with van der Waals surface area (Å²) >= 11 is 0. The van der Waals surface area contributed by atoms with E-state index in [0.29, 0.717) is 26.1 Å². The van der Waals surface area contributed by atoms with Crippen molar-refractivity contribution in [2.24, 2.45) is 5.92 Å². The lowest BCUT2D eigenvalue weighted by atomic mass is 9.93. The van der Waals surface area contributed by atoms with Crippen LogP contribution in [0.25, 0.3) is 0 Å². The molecule has 0 spiro atoms. The van der Waals surface area contributed by atoms with Crippen molar-refractivity contribution in [3.05, 3.63) is 179 Å². The van der Waals surface area contributed by atoms with Crippen LogP contribution in [-0.4, -0.2) is 66.8 Å². The molecule has 10 heteroatoms. The molecular formula is C55H67NO9. The lowest BCUT2D eigenvalue weighted by Gasteiger charge is -2.40. The summed E-state index contributed by atoms with van der Waals surface area (Å²) in [5.74, 6) is -0.878. The standard InChI is InChI=1S/C55H67NO9/c1-40(2)49(54(58)65-55(3,4)5)56-48(57)33-21-32-46(59-34-41-22-11-6-12-23-41)50(61-35-42-24-13-7-14-25-42)52(63-37-44-28-17-9-18-29-44)53(64-38-45-30-19-10-20-31-45)51(47-39-60-47)62-36-43-26-15-8-16-27-43/h6-20,22-31,40,46-47,49-53H,21,32-39H2,1-5H3,(H,56,57)/t46-,47+,49-,50-,51-,52-,53-/m0/s1. The van der Waals surface area contributed by atoms with E-state index in [2.05, 4.69) is 5.32 Å². The summed E-state index contributed by atoms with van der Waals surface area (Å²) in [4.78, 5) is 26.9. The molecule has 0 bridgehead atoms. The second-order valence-corrected chi connectivity index (χ2v) is 18.0. The van der Waals surface area contributed by atoms with Gasteiger partial charge in [-0.05, 0) is 67.3 Å². The first-order valence-corrected chi connectivity index (χ1v) is 22.9. The van der Waals surface area contributed by atoms with Crippen molar-refractivity contribution in [3.63, 3.8) is 0 Å². The molecule has 65 heavy (non-hydrogen) atoms. The molecule has 1 heterocycles. The second-order valence-electron chi connectivity index (χ2n) is 18.0. The van der Waals surface area contributed by atoms with Crippen molar-refractivity contribution in [1.29, 1.82) is 0 Å². The molecule has 5 aromatic rings. The van der Waals surface area contributed by atoms with Crippen molar-refractivity contribution in [2.75, 3.05) is 6.61 Å². The molecule has 1 fully saturated rings. The fourth-order valence-electron chi connectivity index (χ4n) is 7.59. The van der Waals surface area contributed by atoms with E-state index in [9.17, 15) is 9.59 Å². The maximum absolute atomic E-state index is 13.7. The largest absolute Gasteiger partial charge is 0.458 e. The fourth-order valence-corrected chi connectivity index (χ4v) is 7.59. The van der Waals surface area contributed by atoms with Gasteiger partial charge in [-0.15, -0.1) is 0 Å². The molecule has 0 aliphatic carbocycles. The minimum Gasteiger partial charge on any atom is -0.458 e. The summed E-state index contributed by atoms with van der Waals surface area (Å²) in [5.41, 5.74) is 4.27. The monoisotopic (exact) mass is 885 g/mol. The number of nitrogens with one attached hydrogen (secondary N) is 1. The first kappa shape index (κ1) is 49.2. The highest BCUT2D eigenvalue weighted by Gasteiger charge is 2.48. The molecule has 1 N–H and O–H groups in total. The Morgan fingerprint density at radius 2 is 0.954 bits per heavy atom. The van der Waals surface area contributed by atoms with Gasteiger partial charge in [0.15, 0.2) is 0 Å². The van der Waals surface area contributed by atoms with Crippen molar-refractivity contribution in [2.45, 2.75) is 135 Å². The van der Waals surface area contributed by atoms with E-state index < -0.39 is 48.1 Å². The maximum Gasteiger partial charge on any atom is 0.329 e. The van der Waals surface area contributed by atoms with E-state index in [-0.39, 0.29) is 50.8 Å². The molecule has 0 radical (unpaired) electrons. The van der Waals surface area contributed by atoms with Gasteiger partial charge in [0.25, 0.3) is 0 Å². The molecule has 0 unspecified atom stereocenters. The van der Waals surface area contributed by atoms with Crippen LogP contribution < -0.4 is 5.32 Å². The van der Waals surface area contributed by atoms with Gasteiger partial charge in [0.2, 0.25) is 5.91 Å². The average molecular weight is 886 g/mol. The van der Waals surface area contributed by atoms with Crippen LogP contribution in [-0.2, 0) is 75.8 Å². The number of esters is 1. The van der Waals surface area contributed by atoms with Crippen LogP contribution in [0.15, 0.2) is 152 Å². The lowest BCUT2D eigenvalue weighted by molar-refractivity contribution is -0.218. The van der Waals surface area contributed by atoms with Gasteiger partial charge < -0.3 is 38.5 Å². The lowest BCUT2D eigenvalue weighted by Crippen LogP contribution is -2.55. The van der Waals surface area contributed by atoms with Gasteiger partial charge in [0, 0.05) is 6.42 Å². The number of carbonyl (C=O) groups excluding carboxylic acids is 2. The highest BCUT2D eigenvalue weighted by Crippen LogP contribution is 2.32. The Morgan fingerprint density at radius 1 is 0.569 bits per heavy atom. The van der Waals surface area contributed by atoms with Crippen molar-refractivity contribution >= 4 is 11.9 Å². The van der Waals surface area contributed by atoms with Gasteiger partial charge in [-0.1, -0.05) is 166 Å². The minimum atomic E-state index is -0.787. The van der Waals surface area contributed by atoms with E-state index in [1.165, 1.54) is 0 Å². The summed E-state index contributed by atoms with van der Waals surface area (Å²) in [6.45, 7) is 11.2. The molecule has 1 saturated heterocycles. The summed E-state index contributed by atoms with van der Waals surface area (Å²) in [5, 5.41) is 2.96. The Kier molecular flexibility index (Phi) is 19.3. The quantitative estimate of drug-likeness (QED) is 0.0407. The summed E-state index contributed by atoms with van der Waals surface area (Å²) in [7, 11) is 0. The Labute approximate surface area is 385 Å². The molecule has 346 valence electrons. The van der Waals surface area contributed by atoms with E-state index >= 15 is 0 Å². The summed E-state index contributed by atoms with van der Waals surface area (Å²) in [6, 6.07) is 49.4. The topological polar surface area (TPSA) is 114 Å². The molecule has 1 aliphatic heterocycles. The van der Waals surface area contributed by atoms with Gasteiger partial charge in [0.1, 0.15) is 42.2 Å². The number of amides is 1. The van der Waals surface area contributed by atoms with E-state index in [1.54, 1.807) is 0 Å². The number of epoxide rings is 1. The van der Waals surface area contributed by atoms with Crippen LogP contribution in [0.2, 0.25) is 0 Å². The zero-order valence-electron chi connectivity index (χ0n) is 38.6. The van der Waals surface area contributed by atoms with Crippen molar-refractivity contribution in [3.8, 4) is 0 Å². The van der Waals surface area contributed by atoms with Crippen LogP contribution in [0.1, 0.15) is 81.7 Å². The zero-order chi connectivity index (χ0) is 45.9. The minimum absolute atomic E-state index is 0.144. The van der Waals surface area contributed by atoms with Crippen LogP contribution in [0.4, 0.5) is 0 Å². The summed E-state index contributed by atoms with van der Waals surface area (Å²) < 4.78 is 46.9. The molecule has 0 saturated carbocycles. The third kappa shape index (κ3) is 16.9. The molecule has 6 rings (SSSR count). The van der Waals surface area contributed by atoms with Crippen LogP contribution >= 0.6 is 0 Å². The van der Waals surface area contributed by atoms with Crippen LogP contribution in [0, 0.1) is 5.92 Å². The number of benzene rings is 5. The summed E-state index contributed by atoms with van der Waals surface area (Å²) in [6.07, 6.45) is -2.62. The molecule has 0 aromatic heterocycles. The van der Waals surface area contributed by atoms with E-state index in [4.69, 9.17) is 33.2 Å². The Morgan fingerprint density at radius 3 is 1.35 bits per heavy atom. The molecule has 7 atom stereocenters. The Bertz CT molecular complexity index is 2090. The van der Waals surface area contributed by atoms with Crippen LogP contribution in [0.5, 0.6) is 0 Å². The Balaban J connectivity index is 1.37. The number of carbonyl (C=O) groups is 2. The van der Waals surface area contributed by atoms with Crippen LogP contribution in [0.3, 0.4) is 0 Å². The maximum atomic E-state index is 13.7. The molecule has 10 nitrogen and oxygen atoms in total. The number of ether oxygens (including phenoxy) is 7. The van der Waals surface area contributed by atoms with Gasteiger partial charge >= 0.3 is 5.97 Å². The smallest absolute Gasteiger partial charge is 0.329 e. The Hall–Kier alpha value is -5.20. The highest BCUT2D eigenvalue weighted by atomic mass is 16.6. The van der Waals surface area contributed by atoms with Gasteiger partial charge in [-0.2, -0.15) is 0 Å². The molecular weight excluding hydrogens is 819 g/mol. The van der Waals surface area contributed by atoms with Gasteiger partial charge in [-0.25, -0.2) is 4.79 Å². The fraction of sp³-hybridized carbons (Fsp3) is 0.418. The average Bonchev–Trinajstić information content (AvgIpc) is 4.16. The zero-order valence-corrected chi connectivity index (χ0v) is 38.6.